The van der Waals surface area contributed by atoms with Crippen LogP contribution in [0.1, 0.15) is 31.2 Å². The number of primary sulfonamides is 1. The summed E-state index contributed by atoms with van der Waals surface area (Å²) in [5, 5.41) is 7.36. The highest BCUT2D eigenvalue weighted by Gasteiger charge is 2.07. The van der Waals surface area contributed by atoms with Crippen LogP contribution in [0.4, 0.5) is 10.1 Å². The van der Waals surface area contributed by atoms with Crippen LogP contribution in [0.2, 0.25) is 0 Å². The van der Waals surface area contributed by atoms with Crippen LogP contribution in [0.3, 0.4) is 0 Å². The van der Waals surface area contributed by atoms with E-state index < -0.39 is 15.8 Å². The van der Waals surface area contributed by atoms with Crippen LogP contribution in [0.25, 0.3) is 0 Å². The van der Waals surface area contributed by atoms with E-state index in [0.717, 1.165) is 5.56 Å². The van der Waals surface area contributed by atoms with Gasteiger partial charge in [0.1, 0.15) is 5.82 Å². The number of halogens is 1. The number of nitrogens with one attached hydrogen (secondary N) is 1. The first kappa shape index (κ1) is 16.6. The van der Waals surface area contributed by atoms with Crippen molar-refractivity contribution < 1.29 is 17.6 Å². The second kappa shape index (κ2) is 7.35. The summed E-state index contributed by atoms with van der Waals surface area (Å²) in [6, 6.07) is 4.49. The molecular formula is C13H19FN2O3S. The fraction of sp³-hybridized carbons (Fsp3) is 0.462. The maximum atomic E-state index is 13.4. The zero-order chi connectivity index (χ0) is 15.2. The van der Waals surface area contributed by atoms with E-state index in [0.29, 0.717) is 19.3 Å². The number of benzene rings is 1. The predicted molar refractivity (Wildman–Crippen MR) is 76.2 cm³/mol. The van der Waals surface area contributed by atoms with Gasteiger partial charge in [0.05, 0.1) is 11.4 Å². The van der Waals surface area contributed by atoms with E-state index in [9.17, 15) is 17.6 Å². The van der Waals surface area contributed by atoms with Gasteiger partial charge in [0.25, 0.3) is 0 Å². The molecule has 0 aliphatic rings. The van der Waals surface area contributed by atoms with Gasteiger partial charge in [-0.25, -0.2) is 17.9 Å². The van der Waals surface area contributed by atoms with E-state index in [1.165, 1.54) is 6.07 Å². The summed E-state index contributed by atoms with van der Waals surface area (Å²) < 4.78 is 34.8. The van der Waals surface area contributed by atoms with E-state index in [4.69, 9.17) is 5.14 Å². The van der Waals surface area contributed by atoms with E-state index in [-0.39, 0.29) is 23.8 Å². The number of aryl methyl sites for hydroxylation is 1. The highest BCUT2D eigenvalue weighted by atomic mass is 32.2. The number of sulfonamides is 1. The number of nitrogens with two attached hydrogens (primary N) is 1. The van der Waals surface area contributed by atoms with Crippen molar-refractivity contribution in [1.29, 1.82) is 0 Å². The van der Waals surface area contributed by atoms with Crippen LogP contribution in [-0.4, -0.2) is 20.1 Å². The third-order valence-corrected chi connectivity index (χ3v) is 3.59. The second-order valence-electron chi connectivity index (χ2n) is 4.71. The number of anilines is 1. The van der Waals surface area contributed by atoms with Crippen molar-refractivity contribution in [2.24, 2.45) is 5.14 Å². The summed E-state index contributed by atoms with van der Waals surface area (Å²) in [7, 11) is -3.43. The summed E-state index contributed by atoms with van der Waals surface area (Å²) in [5.74, 6) is -0.843. The van der Waals surface area contributed by atoms with Gasteiger partial charge < -0.3 is 5.32 Å². The van der Waals surface area contributed by atoms with Crippen LogP contribution in [0.5, 0.6) is 0 Å². The van der Waals surface area contributed by atoms with Crippen LogP contribution in [0.15, 0.2) is 18.2 Å². The molecule has 0 saturated carbocycles. The second-order valence-corrected chi connectivity index (χ2v) is 6.44. The summed E-state index contributed by atoms with van der Waals surface area (Å²) in [6.45, 7) is 1.81. The van der Waals surface area contributed by atoms with Crippen molar-refractivity contribution in [1.82, 2.24) is 0 Å². The maximum Gasteiger partial charge on any atom is 0.224 e. The Morgan fingerprint density at radius 1 is 1.30 bits per heavy atom. The molecule has 1 amide bonds. The normalized spacial score (nSPS) is 11.3. The molecule has 0 aliphatic heterocycles. The Hall–Kier alpha value is -1.47. The molecule has 0 aromatic heterocycles. The minimum Gasteiger partial charge on any atom is -0.324 e. The number of carbonyl (C=O) groups excluding carboxylic acids is 1. The molecule has 0 fully saturated rings. The quantitative estimate of drug-likeness (QED) is 0.754. The highest BCUT2D eigenvalue weighted by Crippen LogP contribution is 2.16. The lowest BCUT2D eigenvalue weighted by molar-refractivity contribution is -0.116. The third kappa shape index (κ3) is 6.63. The SMILES string of the molecule is Cc1ccc(F)c(NC(=O)CCCCCS(N)(=O)=O)c1. The van der Waals surface area contributed by atoms with Crippen LogP contribution >= 0.6 is 0 Å². The lowest BCUT2D eigenvalue weighted by atomic mass is 10.2. The number of hydrogen-bond acceptors (Lipinski definition) is 3. The van der Waals surface area contributed by atoms with E-state index in [1.807, 2.05) is 6.92 Å². The summed E-state index contributed by atoms with van der Waals surface area (Å²) >= 11 is 0. The van der Waals surface area contributed by atoms with Gasteiger partial charge in [0.2, 0.25) is 15.9 Å². The van der Waals surface area contributed by atoms with Gasteiger partial charge in [-0.1, -0.05) is 12.5 Å². The first-order valence-electron chi connectivity index (χ1n) is 6.34. The van der Waals surface area contributed by atoms with E-state index >= 15 is 0 Å². The standard InChI is InChI=1S/C13H19FN2O3S/c1-10-6-7-11(14)12(9-10)16-13(17)5-3-2-4-8-20(15,18)19/h6-7,9H,2-5,8H2,1H3,(H,16,17)(H2,15,18,19). The largest absolute Gasteiger partial charge is 0.324 e. The zero-order valence-corrected chi connectivity index (χ0v) is 12.2. The molecule has 0 bridgehead atoms. The molecule has 112 valence electrons. The molecule has 0 unspecified atom stereocenters. The van der Waals surface area contributed by atoms with Crippen molar-refractivity contribution in [2.45, 2.75) is 32.6 Å². The zero-order valence-electron chi connectivity index (χ0n) is 11.4. The Balaban J connectivity index is 2.32. The molecule has 0 radical (unpaired) electrons. The van der Waals surface area contributed by atoms with Crippen LogP contribution < -0.4 is 10.5 Å². The summed E-state index contributed by atoms with van der Waals surface area (Å²) in [6.07, 6.45) is 1.76. The van der Waals surface area contributed by atoms with Gasteiger partial charge >= 0.3 is 0 Å². The molecule has 1 aromatic carbocycles. The molecule has 3 N–H and O–H groups in total. The van der Waals surface area contributed by atoms with Gasteiger partial charge in [-0.05, 0) is 37.5 Å². The number of carbonyl (C=O) groups is 1. The van der Waals surface area contributed by atoms with E-state index in [2.05, 4.69) is 5.32 Å². The van der Waals surface area contributed by atoms with Crippen molar-refractivity contribution in [3.05, 3.63) is 29.6 Å². The van der Waals surface area contributed by atoms with Crippen molar-refractivity contribution in [3.63, 3.8) is 0 Å². The Bertz CT molecular complexity index is 573. The molecule has 5 nitrogen and oxygen atoms in total. The summed E-state index contributed by atoms with van der Waals surface area (Å²) in [5.41, 5.74) is 1.02. The number of rotatable bonds is 7. The Morgan fingerprint density at radius 2 is 2.00 bits per heavy atom. The average molecular weight is 302 g/mol. The smallest absolute Gasteiger partial charge is 0.224 e. The van der Waals surface area contributed by atoms with Gasteiger partial charge in [0.15, 0.2) is 0 Å². The number of unbranched alkanes of at least 4 members (excludes halogenated alkanes) is 2. The van der Waals surface area contributed by atoms with Crippen molar-refractivity contribution in [2.75, 3.05) is 11.1 Å². The molecule has 1 aromatic rings. The van der Waals surface area contributed by atoms with Gasteiger partial charge in [-0.15, -0.1) is 0 Å². The van der Waals surface area contributed by atoms with Crippen LogP contribution in [-0.2, 0) is 14.8 Å². The molecule has 0 heterocycles. The first-order chi connectivity index (χ1) is 9.28. The molecule has 1 rings (SSSR count). The van der Waals surface area contributed by atoms with Gasteiger partial charge in [-0.2, -0.15) is 0 Å². The Morgan fingerprint density at radius 3 is 2.65 bits per heavy atom. The number of amides is 1. The highest BCUT2D eigenvalue weighted by molar-refractivity contribution is 7.89. The lowest BCUT2D eigenvalue weighted by Crippen LogP contribution is -2.16. The topological polar surface area (TPSA) is 89.3 Å². The minimum absolute atomic E-state index is 0.0822. The van der Waals surface area contributed by atoms with Gasteiger partial charge in [0, 0.05) is 6.42 Å². The number of hydrogen-bond donors (Lipinski definition) is 2. The van der Waals surface area contributed by atoms with Crippen molar-refractivity contribution in [3.8, 4) is 0 Å². The molecular weight excluding hydrogens is 283 g/mol. The van der Waals surface area contributed by atoms with Crippen LogP contribution in [0, 0.1) is 12.7 Å². The molecule has 0 saturated heterocycles. The minimum atomic E-state index is -3.43. The first-order valence-corrected chi connectivity index (χ1v) is 8.06. The average Bonchev–Trinajstić information content (AvgIpc) is 2.32. The Kier molecular flexibility index (Phi) is 6.09. The monoisotopic (exact) mass is 302 g/mol. The van der Waals surface area contributed by atoms with Gasteiger partial charge in [-0.3, -0.25) is 4.79 Å². The van der Waals surface area contributed by atoms with Crippen molar-refractivity contribution >= 4 is 21.6 Å². The maximum absolute atomic E-state index is 13.4. The summed E-state index contributed by atoms with van der Waals surface area (Å²) in [4.78, 5) is 11.6. The molecule has 0 atom stereocenters. The fourth-order valence-electron chi connectivity index (χ4n) is 1.71. The molecule has 0 spiro atoms. The molecule has 0 aliphatic carbocycles. The lowest BCUT2D eigenvalue weighted by Gasteiger charge is -2.07. The third-order valence-electron chi connectivity index (χ3n) is 2.73. The molecule has 20 heavy (non-hydrogen) atoms. The van der Waals surface area contributed by atoms with E-state index in [1.54, 1.807) is 12.1 Å². The Labute approximate surface area is 118 Å². The molecule has 7 heteroatoms. The fourth-order valence-corrected chi connectivity index (χ4v) is 2.32. The predicted octanol–water partition coefficient (Wildman–Crippen LogP) is 1.92.